The van der Waals surface area contributed by atoms with E-state index in [1.165, 1.54) is 44.9 Å². The Bertz CT molecular complexity index is 361. The van der Waals surface area contributed by atoms with Crippen molar-refractivity contribution in [2.75, 3.05) is 0 Å². The molecule has 0 heterocycles. The maximum Gasteiger partial charge on any atom is 0.176 e. The molecule has 0 saturated carbocycles. The maximum atomic E-state index is 12.1. The van der Waals surface area contributed by atoms with E-state index < -0.39 is 0 Å². The number of hydrogen-bond acceptors (Lipinski definition) is 1. The third-order valence-electron chi connectivity index (χ3n) is 3.65. The fraction of sp³-hybridized carbons (Fsp3) is 0.611. The number of alkyl halides is 1. The Labute approximate surface area is 132 Å². The van der Waals surface area contributed by atoms with Gasteiger partial charge >= 0.3 is 0 Å². The second-order valence-corrected chi connectivity index (χ2v) is 6.57. The first-order chi connectivity index (χ1) is 9.75. The number of benzene rings is 1. The van der Waals surface area contributed by atoms with E-state index in [1.807, 2.05) is 30.3 Å². The first-order valence-corrected chi connectivity index (χ1v) is 8.90. The Morgan fingerprint density at radius 2 is 1.50 bits per heavy atom. The van der Waals surface area contributed by atoms with Gasteiger partial charge in [0.05, 0.1) is 4.83 Å². The molecule has 1 atom stereocenters. The number of Topliss-reactive ketones (excluding diaryl/α,β-unsaturated/α-hetero) is 1. The van der Waals surface area contributed by atoms with Crippen molar-refractivity contribution in [3.63, 3.8) is 0 Å². The van der Waals surface area contributed by atoms with Gasteiger partial charge in [0, 0.05) is 5.56 Å². The van der Waals surface area contributed by atoms with Crippen LogP contribution in [-0.4, -0.2) is 10.6 Å². The van der Waals surface area contributed by atoms with E-state index in [1.54, 1.807) is 0 Å². The minimum Gasteiger partial charge on any atom is -0.293 e. The number of rotatable bonds is 11. The molecule has 1 rings (SSSR count). The zero-order chi connectivity index (χ0) is 14.6. The predicted octanol–water partition coefficient (Wildman–Crippen LogP) is 6.16. The van der Waals surface area contributed by atoms with Crippen molar-refractivity contribution in [2.45, 2.75) is 69.5 Å². The summed E-state index contributed by atoms with van der Waals surface area (Å²) in [5, 5.41) is 0. The van der Waals surface area contributed by atoms with E-state index in [-0.39, 0.29) is 10.6 Å². The Kier molecular flexibility index (Phi) is 9.65. The second kappa shape index (κ2) is 11.1. The molecule has 2 heteroatoms. The molecule has 0 fully saturated rings. The minimum absolute atomic E-state index is 0.0232. The van der Waals surface area contributed by atoms with Crippen molar-refractivity contribution in [1.82, 2.24) is 0 Å². The van der Waals surface area contributed by atoms with Crippen molar-refractivity contribution in [2.24, 2.45) is 0 Å². The Morgan fingerprint density at radius 1 is 0.950 bits per heavy atom. The molecule has 0 aromatic heterocycles. The summed E-state index contributed by atoms with van der Waals surface area (Å²) >= 11 is 3.53. The van der Waals surface area contributed by atoms with Crippen LogP contribution in [-0.2, 0) is 0 Å². The van der Waals surface area contributed by atoms with Crippen molar-refractivity contribution in [3.05, 3.63) is 35.9 Å². The molecule has 0 N–H and O–H groups in total. The number of hydrogen-bond donors (Lipinski definition) is 0. The molecule has 20 heavy (non-hydrogen) atoms. The highest BCUT2D eigenvalue weighted by Crippen LogP contribution is 2.18. The molecule has 0 saturated heterocycles. The van der Waals surface area contributed by atoms with Crippen LogP contribution in [0.4, 0.5) is 0 Å². The zero-order valence-corrected chi connectivity index (χ0v) is 14.2. The van der Waals surface area contributed by atoms with Crippen LogP contribution in [0, 0.1) is 0 Å². The lowest BCUT2D eigenvalue weighted by molar-refractivity contribution is 0.0988. The molecule has 0 aliphatic rings. The quantitative estimate of drug-likeness (QED) is 0.268. The molecule has 1 unspecified atom stereocenters. The lowest BCUT2D eigenvalue weighted by Crippen LogP contribution is -2.13. The third-order valence-corrected chi connectivity index (χ3v) is 4.53. The Morgan fingerprint density at radius 3 is 2.10 bits per heavy atom. The van der Waals surface area contributed by atoms with Crippen LogP contribution in [0.15, 0.2) is 30.3 Å². The van der Waals surface area contributed by atoms with Crippen LogP contribution in [0.1, 0.15) is 75.1 Å². The van der Waals surface area contributed by atoms with Gasteiger partial charge in [-0.25, -0.2) is 0 Å². The van der Waals surface area contributed by atoms with E-state index in [0.29, 0.717) is 0 Å². The van der Waals surface area contributed by atoms with Gasteiger partial charge in [0.1, 0.15) is 0 Å². The molecule has 0 aliphatic carbocycles. The Balaban J connectivity index is 2.08. The molecule has 1 aromatic rings. The van der Waals surface area contributed by atoms with Crippen molar-refractivity contribution in [3.8, 4) is 0 Å². The van der Waals surface area contributed by atoms with Gasteiger partial charge in [0.2, 0.25) is 0 Å². The maximum absolute atomic E-state index is 12.1. The number of carbonyl (C=O) groups excluding carboxylic acids is 1. The monoisotopic (exact) mass is 338 g/mol. The minimum atomic E-state index is -0.0232. The molecule has 0 bridgehead atoms. The lowest BCUT2D eigenvalue weighted by Gasteiger charge is -2.08. The summed E-state index contributed by atoms with van der Waals surface area (Å²) in [6, 6.07) is 9.57. The van der Waals surface area contributed by atoms with E-state index in [2.05, 4.69) is 22.9 Å². The second-order valence-electron chi connectivity index (χ2n) is 5.46. The van der Waals surface area contributed by atoms with Gasteiger partial charge in [0.15, 0.2) is 5.78 Å². The highest BCUT2D eigenvalue weighted by atomic mass is 79.9. The summed E-state index contributed by atoms with van der Waals surface area (Å²) in [5.41, 5.74) is 0.814. The fourth-order valence-electron chi connectivity index (χ4n) is 2.37. The van der Waals surface area contributed by atoms with Gasteiger partial charge in [-0.05, 0) is 6.42 Å². The highest BCUT2D eigenvalue weighted by Gasteiger charge is 2.15. The number of unbranched alkanes of at least 4 members (excludes halogenated alkanes) is 7. The third kappa shape index (κ3) is 7.23. The van der Waals surface area contributed by atoms with E-state index in [0.717, 1.165) is 18.4 Å². The SMILES string of the molecule is CCCCCCCCCCC(Br)C(=O)c1ccccc1. The predicted molar refractivity (Wildman–Crippen MR) is 90.7 cm³/mol. The molecular weight excluding hydrogens is 312 g/mol. The van der Waals surface area contributed by atoms with Gasteiger partial charge < -0.3 is 0 Å². The van der Waals surface area contributed by atoms with Crippen molar-refractivity contribution >= 4 is 21.7 Å². The van der Waals surface area contributed by atoms with Crippen LogP contribution in [0.2, 0.25) is 0 Å². The van der Waals surface area contributed by atoms with E-state index in [9.17, 15) is 4.79 Å². The normalized spacial score (nSPS) is 12.3. The first kappa shape index (κ1) is 17.4. The molecule has 112 valence electrons. The van der Waals surface area contributed by atoms with E-state index in [4.69, 9.17) is 0 Å². The van der Waals surface area contributed by atoms with Crippen LogP contribution in [0.5, 0.6) is 0 Å². The smallest absolute Gasteiger partial charge is 0.176 e. The molecular formula is C18H27BrO. The number of ketones is 1. The molecule has 0 spiro atoms. The first-order valence-electron chi connectivity index (χ1n) is 7.99. The summed E-state index contributed by atoms with van der Waals surface area (Å²) < 4.78 is 0. The standard InChI is InChI=1S/C18H27BrO/c1-2-3-4-5-6-7-8-12-15-17(19)18(20)16-13-10-9-11-14-16/h9-11,13-14,17H,2-8,12,15H2,1H3. The summed E-state index contributed by atoms with van der Waals surface area (Å²) in [4.78, 5) is 12.1. The van der Waals surface area contributed by atoms with Crippen LogP contribution < -0.4 is 0 Å². The Hall–Kier alpha value is -0.630. The molecule has 1 nitrogen and oxygen atoms in total. The van der Waals surface area contributed by atoms with Gasteiger partial charge in [-0.15, -0.1) is 0 Å². The largest absolute Gasteiger partial charge is 0.293 e. The average molecular weight is 339 g/mol. The number of halogens is 1. The topological polar surface area (TPSA) is 17.1 Å². The molecule has 0 aliphatic heterocycles. The van der Waals surface area contributed by atoms with Gasteiger partial charge in [-0.1, -0.05) is 105 Å². The highest BCUT2D eigenvalue weighted by molar-refractivity contribution is 9.10. The van der Waals surface area contributed by atoms with Crippen LogP contribution in [0.3, 0.4) is 0 Å². The lowest BCUT2D eigenvalue weighted by atomic mass is 10.0. The van der Waals surface area contributed by atoms with Crippen molar-refractivity contribution < 1.29 is 4.79 Å². The summed E-state index contributed by atoms with van der Waals surface area (Å²) in [6.45, 7) is 2.25. The fourth-order valence-corrected chi connectivity index (χ4v) is 2.96. The van der Waals surface area contributed by atoms with E-state index >= 15 is 0 Å². The van der Waals surface area contributed by atoms with Crippen molar-refractivity contribution in [1.29, 1.82) is 0 Å². The molecule has 0 radical (unpaired) electrons. The zero-order valence-electron chi connectivity index (χ0n) is 12.6. The van der Waals surface area contributed by atoms with Gasteiger partial charge in [0.25, 0.3) is 0 Å². The number of carbonyl (C=O) groups is 1. The summed E-state index contributed by atoms with van der Waals surface area (Å²) in [7, 11) is 0. The summed E-state index contributed by atoms with van der Waals surface area (Å²) in [6.07, 6.45) is 11.4. The molecule has 0 amide bonds. The van der Waals surface area contributed by atoms with Gasteiger partial charge in [-0.3, -0.25) is 4.79 Å². The summed E-state index contributed by atoms with van der Waals surface area (Å²) in [5.74, 6) is 0.216. The van der Waals surface area contributed by atoms with Gasteiger partial charge in [-0.2, -0.15) is 0 Å². The average Bonchev–Trinajstić information content (AvgIpc) is 2.50. The molecule has 1 aromatic carbocycles. The van der Waals surface area contributed by atoms with Crippen LogP contribution in [0.25, 0.3) is 0 Å². The van der Waals surface area contributed by atoms with Crippen LogP contribution >= 0.6 is 15.9 Å².